The van der Waals surface area contributed by atoms with Crippen molar-refractivity contribution in [2.45, 2.75) is 13.3 Å². The fraction of sp³-hybridized carbons (Fsp3) is 0.304. The topological polar surface area (TPSA) is 59.1 Å². The number of halogens is 1. The molecule has 6 nitrogen and oxygen atoms in total. The van der Waals surface area contributed by atoms with Crippen molar-refractivity contribution in [2.75, 3.05) is 37.8 Å². The van der Waals surface area contributed by atoms with Crippen LogP contribution in [0.5, 0.6) is 5.75 Å². The largest absolute Gasteiger partial charge is 0.494 e. The number of ether oxygens (including phenoxy) is 2. The number of rotatable bonds is 6. The highest BCUT2D eigenvalue weighted by molar-refractivity contribution is 6.45. The fourth-order valence-electron chi connectivity index (χ4n) is 3.62. The average Bonchev–Trinajstić information content (AvgIpc) is 3.04. The first-order chi connectivity index (χ1) is 14.6. The molecule has 0 atom stereocenters. The summed E-state index contributed by atoms with van der Waals surface area (Å²) in [7, 11) is 0. The number of benzene rings is 2. The van der Waals surface area contributed by atoms with Gasteiger partial charge in [-0.3, -0.25) is 9.59 Å². The number of carbonyl (C=O) groups excluding carboxylic acids is 2. The van der Waals surface area contributed by atoms with Crippen molar-refractivity contribution in [1.82, 2.24) is 4.90 Å². The van der Waals surface area contributed by atoms with E-state index in [2.05, 4.69) is 0 Å². The quantitative estimate of drug-likeness (QED) is 0.685. The average molecular weight is 410 g/mol. The highest BCUT2D eigenvalue weighted by atomic mass is 19.1. The first-order valence-corrected chi connectivity index (χ1v) is 10.0. The van der Waals surface area contributed by atoms with E-state index >= 15 is 0 Å². The number of hydrogen-bond acceptors (Lipinski definition) is 5. The first-order valence-electron chi connectivity index (χ1n) is 10.0. The first kappa shape index (κ1) is 20.1. The minimum absolute atomic E-state index is 0.341. The van der Waals surface area contributed by atoms with Crippen LogP contribution in [0.2, 0.25) is 0 Å². The van der Waals surface area contributed by atoms with E-state index in [-0.39, 0.29) is 0 Å². The number of amides is 2. The second-order valence-electron chi connectivity index (χ2n) is 7.12. The zero-order chi connectivity index (χ0) is 21.1. The third-order valence-electron chi connectivity index (χ3n) is 5.09. The Bertz CT molecular complexity index is 964. The van der Waals surface area contributed by atoms with Crippen LogP contribution in [0.3, 0.4) is 0 Å². The summed E-state index contributed by atoms with van der Waals surface area (Å²) in [4.78, 5) is 29.7. The van der Waals surface area contributed by atoms with E-state index in [1.165, 1.54) is 24.3 Å². The summed E-state index contributed by atoms with van der Waals surface area (Å²) in [6.45, 7) is 4.65. The lowest BCUT2D eigenvalue weighted by molar-refractivity contribution is -0.121. The zero-order valence-corrected chi connectivity index (χ0v) is 16.8. The van der Waals surface area contributed by atoms with Crippen LogP contribution >= 0.6 is 0 Å². The van der Waals surface area contributed by atoms with Gasteiger partial charge in [0.05, 0.1) is 31.1 Å². The SMILES string of the molecule is CCCOc1ccc(C2=C(N3CCOCC3)C(=O)N(c3ccc(F)cc3)C2=O)cc1. The molecule has 30 heavy (non-hydrogen) atoms. The molecular formula is C23H23FN2O4. The monoisotopic (exact) mass is 410 g/mol. The van der Waals surface area contributed by atoms with Crippen LogP contribution in [-0.4, -0.2) is 49.6 Å². The molecule has 0 unspecified atom stereocenters. The highest BCUT2D eigenvalue weighted by Crippen LogP contribution is 2.35. The molecule has 0 aromatic heterocycles. The molecule has 2 aromatic rings. The van der Waals surface area contributed by atoms with Gasteiger partial charge in [-0.25, -0.2) is 9.29 Å². The number of hydrogen-bond donors (Lipinski definition) is 0. The van der Waals surface area contributed by atoms with Crippen LogP contribution in [0.15, 0.2) is 54.2 Å². The maximum atomic E-state index is 13.4. The summed E-state index contributed by atoms with van der Waals surface area (Å²) in [6, 6.07) is 12.5. The molecule has 0 radical (unpaired) electrons. The summed E-state index contributed by atoms with van der Waals surface area (Å²) >= 11 is 0. The van der Waals surface area contributed by atoms with Crippen molar-refractivity contribution in [3.63, 3.8) is 0 Å². The van der Waals surface area contributed by atoms with Crippen LogP contribution in [0, 0.1) is 5.82 Å². The van der Waals surface area contributed by atoms with Crippen molar-refractivity contribution in [2.24, 2.45) is 0 Å². The van der Waals surface area contributed by atoms with Crippen LogP contribution in [0.4, 0.5) is 10.1 Å². The number of morpholine rings is 1. The van der Waals surface area contributed by atoms with E-state index in [0.29, 0.717) is 61.2 Å². The predicted molar refractivity (Wildman–Crippen MR) is 110 cm³/mol. The molecular weight excluding hydrogens is 387 g/mol. The van der Waals surface area contributed by atoms with Gasteiger partial charge in [-0.05, 0) is 48.4 Å². The molecule has 1 fully saturated rings. The summed E-state index contributed by atoms with van der Waals surface area (Å²) in [5, 5.41) is 0. The molecule has 0 N–H and O–H groups in total. The van der Waals surface area contributed by atoms with Gasteiger partial charge in [0.1, 0.15) is 17.3 Å². The lowest BCUT2D eigenvalue weighted by Gasteiger charge is -2.29. The summed E-state index contributed by atoms with van der Waals surface area (Å²) < 4.78 is 24.4. The molecule has 156 valence electrons. The van der Waals surface area contributed by atoms with Crippen LogP contribution in [-0.2, 0) is 14.3 Å². The molecule has 0 saturated carbocycles. The Hall–Kier alpha value is -3.19. The standard InChI is InChI=1S/C23H23FN2O4/c1-2-13-30-19-9-3-16(4-10-19)20-21(25-11-14-29-15-12-25)23(28)26(22(20)27)18-7-5-17(24)6-8-18/h3-10H,2,11-15H2,1H3. The molecule has 4 rings (SSSR count). The molecule has 1 saturated heterocycles. The van der Waals surface area contributed by atoms with E-state index in [9.17, 15) is 14.0 Å². The van der Waals surface area contributed by atoms with Crippen LogP contribution in [0.25, 0.3) is 5.57 Å². The van der Waals surface area contributed by atoms with Gasteiger partial charge in [0.15, 0.2) is 0 Å². The van der Waals surface area contributed by atoms with Crippen molar-refractivity contribution in [3.05, 3.63) is 65.6 Å². The highest BCUT2D eigenvalue weighted by Gasteiger charge is 2.42. The number of imide groups is 1. The Kier molecular flexibility index (Phi) is 5.81. The van der Waals surface area contributed by atoms with Crippen molar-refractivity contribution >= 4 is 23.1 Å². The molecule has 7 heteroatoms. The van der Waals surface area contributed by atoms with Gasteiger partial charge in [-0.1, -0.05) is 19.1 Å². The Labute approximate surface area is 174 Å². The fourth-order valence-corrected chi connectivity index (χ4v) is 3.62. The van der Waals surface area contributed by atoms with Gasteiger partial charge in [0.2, 0.25) is 0 Å². The van der Waals surface area contributed by atoms with Gasteiger partial charge < -0.3 is 14.4 Å². The molecule has 2 heterocycles. The van der Waals surface area contributed by atoms with Gasteiger partial charge in [0.25, 0.3) is 11.8 Å². The Morgan fingerprint density at radius 1 is 0.967 bits per heavy atom. The van der Waals surface area contributed by atoms with Crippen molar-refractivity contribution < 1.29 is 23.5 Å². The summed E-state index contributed by atoms with van der Waals surface area (Å²) in [5.74, 6) is -0.548. The third-order valence-corrected chi connectivity index (χ3v) is 5.09. The lowest BCUT2D eigenvalue weighted by atomic mass is 10.0. The molecule has 0 spiro atoms. The maximum Gasteiger partial charge on any atom is 0.282 e. The maximum absolute atomic E-state index is 13.4. The Morgan fingerprint density at radius 2 is 1.63 bits per heavy atom. The summed E-state index contributed by atoms with van der Waals surface area (Å²) in [6.07, 6.45) is 0.897. The lowest BCUT2D eigenvalue weighted by Crippen LogP contribution is -2.40. The van der Waals surface area contributed by atoms with Crippen LogP contribution in [0.1, 0.15) is 18.9 Å². The number of carbonyl (C=O) groups is 2. The van der Waals surface area contributed by atoms with Crippen molar-refractivity contribution in [1.29, 1.82) is 0 Å². The summed E-state index contributed by atoms with van der Waals surface area (Å²) in [5.41, 5.74) is 1.68. The van der Waals surface area contributed by atoms with Gasteiger partial charge in [-0.2, -0.15) is 0 Å². The molecule has 2 amide bonds. The van der Waals surface area contributed by atoms with Gasteiger partial charge >= 0.3 is 0 Å². The molecule has 0 bridgehead atoms. The van der Waals surface area contributed by atoms with Gasteiger partial charge in [-0.15, -0.1) is 0 Å². The molecule has 2 aromatic carbocycles. The third kappa shape index (κ3) is 3.80. The molecule has 0 aliphatic carbocycles. The van der Waals surface area contributed by atoms with E-state index in [1.807, 2.05) is 11.8 Å². The van der Waals surface area contributed by atoms with E-state index in [4.69, 9.17) is 9.47 Å². The minimum Gasteiger partial charge on any atom is -0.494 e. The van der Waals surface area contributed by atoms with E-state index in [0.717, 1.165) is 11.3 Å². The smallest absolute Gasteiger partial charge is 0.282 e. The predicted octanol–water partition coefficient (Wildman–Crippen LogP) is 3.23. The zero-order valence-electron chi connectivity index (χ0n) is 16.8. The number of anilines is 1. The Balaban J connectivity index is 1.74. The Morgan fingerprint density at radius 3 is 2.27 bits per heavy atom. The molecule has 2 aliphatic rings. The minimum atomic E-state index is -0.429. The normalized spacial score (nSPS) is 17.1. The second kappa shape index (κ2) is 8.67. The van der Waals surface area contributed by atoms with E-state index in [1.54, 1.807) is 24.3 Å². The second-order valence-corrected chi connectivity index (χ2v) is 7.12. The van der Waals surface area contributed by atoms with Crippen LogP contribution < -0.4 is 9.64 Å². The molecule has 2 aliphatic heterocycles. The van der Waals surface area contributed by atoms with Crippen molar-refractivity contribution in [3.8, 4) is 5.75 Å². The van der Waals surface area contributed by atoms with E-state index < -0.39 is 17.6 Å². The number of nitrogens with zero attached hydrogens (tertiary/aromatic N) is 2. The van der Waals surface area contributed by atoms with Gasteiger partial charge in [0, 0.05) is 13.1 Å².